The minimum atomic E-state index is 0.263. The zero-order chi connectivity index (χ0) is 14.5. The Balaban J connectivity index is 2.35. The van der Waals surface area contributed by atoms with Gasteiger partial charge in [0, 0.05) is 10.6 Å². The fraction of sp³-hybridized carbons (Fsp3) is 0.625. The van der Waals surface area contributed by atoms with E-state index in [0.717, 1.165) is 41.3 Å². The number of methoxy groups -OCH3 is 1. The van der Waals surface area contributed by atoms with Gasteiger partial charge in [-0.2, -0.15) is 0 Å². The van der Waals surface area contributed by atoms with Crippen molar-refractivity contribution in [3.63, 3.8) is 0 Å². The van der Waals surface area contributed by atoms with Gasteiger partial charge in [0.1, 0.15) is 0 Å². The maximum atomic E-state index is 6.40. The highest BCUT2D eigenvalue weighted by atomic mass is 35.5. The molecule has 112 valence electrons. The molecule has 0 aliphatic heterocycles. The summed E-state index contributed by atoms with van der Waals surface area (Å²) >= 11 is 6.40. The summed E-state index contributed by atoms with van der Waals surface area (Å²) < 4.78 is 11.7. The lowest BCUT2D eigenvalue weighted by Crippen LogP contribution is -2.15. The summed E-state index contributed by atoms with van der Waals surface area (Å²) in [4.78, 5) is 0. The van der Waals surface area contributed by atoms with Gasteiger partial charge >= 0.3 is 0 Å². The molecule has 1 aromatic carbocycles. The molecule has 1 aliphatic rings. The fourth-order valence-electron chi connectivity index (χ4n) is 2.86. The Labute approximate surface area is 126 Å². The first-order chi connectivity index (χ1) is 9.67. The third kappa shape index (κ3) is 3.39. The first kappa shape index (κ1) is 15.5. The summed E-state index contributed by atoms with van der Waals surface area (Å²) in [6, 6.07) is 3.76. The molecule has 0 amide bonds. The summed E-state index contributed by atoms with van der Waals surface area (Å²) in [7, 11) is 1.67. The maximum absolute atomic E-state index is 6.40. The standard InChI is InChI=1S/C16H24ClNO2/c1-11(9-10-18)15-13(17)7-8-14(19-2)16(15)20-12-5-3-4-6-12/h7-8,11-12H,3-6,9-10,18H2,1-2H3. The second-order valence-corrected chi connectivity index (χ2v) is 5.90. The smallest absolute Gasteiger partial charge is 0.166 e. The topological polar surface area (TPSA) is 44.5 Å². The molecule has 4 heteroatoms. The third-order valence-electron chi connectivity index (χ3n) is 4.01. The van der Waals surface area contributed by atoms with Gasteiger partial charge < -0.3 is 15.2 Å². The van der Waals surface area contributed by atoms with Crippen LogP contribution in [-0.2, 0) is 0 Å². The number of hydrogen-bond donors (Lipinski definition) is 1. The molecule has 0 spiro atoms. The van der Waals surface area contributed by atoms with E-state index in [1.807, 2.05) is 12.1 Å². The average Bonchev–Trinajstić information content (AvgIpc) is 2.92. The molecular weight excluding hydrogens is 274 g/mol. The molecule has 1 aromatic rings. The van der Waals surface area contributed by atoms with Crippen LogP contribution in [0.5, 0.6) is 11.5 Å². The van der Waals surface area contributed by atoms with Crippen LogP contribution >= 0.6 is 11.6 Å². The fourth-order valence-corrected chi connectivity index (χ4v) is 3.20. The number of nitrogens with two attached hydrogens (primary N) is 1. The van der Waals surface area contributed by atoms with E-state index < -0.39 is 0 Å². The van der Waals surface area contributed by atoms with Gasteiger partial charge in [-0.15, -0.1) is 0 Å². The Morgan fingerprint density at radius 1 is 1.35 bits per heavy atom. The molecule has 1 aliphatic carbocycles. The molecule has 1 unspecified atom stereocenters. The predicted molar refractivity (Wildman–Crippen MR) is 83.0 cm³/mol. The number of benzene rings is 1. The molecule has 3 nitrogen and oxygen atoms in total. The Morgan fingerprint density at radius 3 is 2.65 bits per heavy atom. The van der Waals surface area contributed by atoms with E-state index in [9.17, 15) is 0 Å². The van der Waals surface area contributed by atoms with Gasteiger partial charge in [0.15, 0.2) is 11.5 Å². The molecule has 20 heavy (non-hydrogen) atoms. The van der Waals surface area contributed by atoms with E-state index in [4.69, 9.17) is 26.8 Å². The summed E-state index contributed by atoms with van der Waals surface area (Å²) in [6.07, 6.45) is 5.86. The molecule has 2 N–H and O–H groups in total. The number of ether oxygens (including phenoxy) is 2. The lowest BCUT2D eigenvalue weighted by Gasteiger charge is -2.23. The van der Waals surface area contributed by atoms with Crippen LogP contribution in [0.1, 0.15) is 50.5 Å². The molecule has 2 rings (SSSR count). The van der Waals surface area contributed by atoms with E-state index in [-0.39, 0.29) is 12.0 Å². The molecule has 1 atom stereocenters. The van der Waals surface area contributed by atoms with E-state index >= 15 is 0 Å². The van der Waals surface area contributed by atoms with E-state index in [1.165, 1.54) is 12.8 Å². The Morgan fingerprint density at radius 2 is 2.05 bits per heavy atom. The van der Waals surface area contributed by atoms with Crippen molar-refractivity contribution in [3.05, 3.63) is 22.7 Å². The van der Waals surface area contributed by atoms with Crippen LogP contribution in [0.3, 0.4) is 0 Å². The van der Waals surface area contributed by atoms with Gasteiger partial charge in [0.2, 0.25) is 0 Å². The van der Waals surface area contributed by atoms with Gasteiger partial charge in [-0.3, -0.25) is 0 Å². The Bertz CT molecular complexity index is 444. The largest absolute Gasteiger partial charge is 0.493 e. The number of halogens is 1. The molecule has 1 saturated carbocycles. The minimum Gasteiger partial charge on any atom is -0.493 e. The Hall–Kier alpha value is -0.930. The van der Waals surface area contributed by atoms with E-state index in [2.05, 4.69) is 6.92 Å². The van der Waals surface area contributed by atoms with Crippen molar-refractivity contribution >= 4 is 11.6 Å². The van der Waals surface area contributed by atoms with Crippen molar-refractivity contribution in [2.75, 3.05) is 13.7 Å². The van der Waals surface area contributed by atoms with E-state index in [0.29, 0.717) is 6.54 Å². The van der Waals surface area contributed by atoms with E-state index in [1.54, 1.807) is 7.11 Å². The summed E-state index contributed by atoms with van der Waals surface area (Å²) in [6.45, 7) is 2.77. The molecule has 0 radical (unpaired) electrons. The molecule has 0 bridgehead atoms. The summed E-state index contributed by atoms with van der Waals surface area (Å²) in [5.41, 5.74) is 6.72. The molecule has 0 heterocycles. The lowest BCUT2D eigenvalue weighted by molar-refractivity contribution is 0.197. The summed E-state index contributed by atoms with van der Waals surface area (Å²) in [5, 5.41) is 0.736. The first-order valence-electron chi connectivity index (χ1n) is 7.40. The van der Waals surface area contributed by atoms with Crippen molar-refractivity contribution < 1.29 is 9.47 Å². The molecular formula is C16H24ClNO2. The highest BCUT2D eigenvalue weighted by Crippen LogP contribution is 2.43. The van der Waals surface area contributed by atoms with Crippen molar-refractivity contribution in [2.45, 2.75) is 51.0 Å². The average molecular weight is 298 g/mol. The quantitative estimate of drug-likeness (QED) is 0.859. The molecule has 0 saturated heterocycles. The second kappa shape index (κ2) is 7.19. The zero-order valence-corrected chi connectivity index (χ0v) is 13.1. The van der Waals surface area contributed by atoms with Crippen LogP contribution in [0.25, 0.3) is 0 Å². The summed E-state index contributed by atoms with van der Waals surface area (Å²) in [5.74, 6) is 1.84. The first-order valence-corrected chi connectivity index (χ1v) is 7.78. The van der Waals surface area contributed by atoms with Gasteiger partial charge in [-0.1, -0.05) is 18.5 Å². The minimum absolute atomic E-state index is 0.263. The van der Waals surface area contributed by atoms with Crippen molar-refractivity contribution in [1.82, 2.24) is 0 Å². The van der Waals surface area contributed by atoms with Crippen molar-refractivity contribution in [1.29, 1.82) is 0 Å². The van der Waals surface area contributed by atoms with Gasteiger partial charge in [0.25, 0.3) is 0 Å². The van der Waals surface area contributed by atoms with Crippen molar-refractivity contribution in [2.24, 2.45) is 5.73 Å². The van der Waals surface area contributed by atoms with Crippen molar-refractivity contribution in [3.8, 4) is 11.5 Å². The molecule has 1 fully saturated rings. The van der Waals surface area contributed by atoms with Crippen LogP contribution in [0.15, 0.2) is 12.1 Å². The second-order valence-electron chi connectivity index (χ2n) is 5.50. The zero-order valence-electron chi connectivity index (χ0n) is 12.3. The SMILES string of the molecule is COc1ccc(Cl)c(C(C)CCN)c1OC1CCCC1. The van der Waals surface area contributed by atoms with Crippen LogP contribution in [0, 0.1) is 0 Å². The van der Waals surface area contributed by atoms with Gasteiger partial charge in [-0.25, -0.2) is 0 Å². The lowest BCUT2D eigenvalue weighted by atomic mass is 9.96. The van der Waals surface area contributed by atoms with Crippen LogP contribution in [-0.4, -0.2) is 19.8 Å². The monoisotopic (exact) mass is 297 g/mol. The van der Waals surface area contributed by atoms with Gasteiger partial charge in [-0.05, 0) is 56.7 Å². The van der Waals surface area contributed by atoms with Crippen LogP contribution in [0.2, 0.25) is 5.02 Å². The van der Waals surface area contributed by atoms with Crippen LogP contribution < -0.4 is 15.2 Å². The van der Waals surface area contributed by atoms with Crippen LogP contribution in [0.4, 0.5) is 0 Å². The molecule has 0 aromatic heterocycles. The highest BCUT2D eigenvalue weighted by molar-refractivity contribution is 6.31. The maximum Gasteiger partial charge on any atom is 0.166 e. The normalized spacial score (nSPS) is 17.2. The third-order valence-corrected chi connectivity index (χ3v) is 4.34. The van der Waals surface area contributed by atoms with Gasteiger partial charge in [0.05, 0.1) is 13.2 Å². The number of rotatable bonds is 6. The predicted octanol–water partition coefficient (Wildman–Crippen LogP) is 4.12. The highest BCUT2D eigenvalue weighted by Gasteiger charge is 2.24. The number of hydrogen-bond acceptors (Lipinski definition) is 3. The Kier molecular flexibility index (Phi) is 5.55.